The van der Waals surface area contributed by atoms with Gasteiger partial charge in [-0.1, -0.05) is 16.8 Å². The molecule has 1 aromatic heterocycles. The quantitative estimate of drug-likeness (QED) is 0.905. The van der Waals surface area contributed by atoms with Gasteiger partial charge in [0.05, 0.1) is 0 Å². The molecule has 4 nitrogen and oxygen atoms in total. The van der Waals surface area contributed by atoms with Crippen molar-refractivity contribution in [2.24, 2.45) is 5.73 Å². The van der Waals surface area contributed by atoms with Crippen molar-refractivity contribution >= 4 is 11.6 Å². The fraction of sp³-hybridized carbons (Fsp3) is 0.385. The Morgan fingerprint density at radius 3 is 2.67 bits per heavy atom. The van der Waals surface area contributed by atoms with E-state index in [4.69, 9.17) is 21.9 Å². The standard InChI is InChI=1S/C13H14ClN3O/c14-10-4-1-8(2-5-10)12-16-13(18-17-12)9-3-6-11(15)7-9/h1-2,4-5,9,11H,3,6-7,15H2. The van der Waals surface area contributed by atoms with Crippen molar-refractivity contribution in [3.8, 4) is 11.4 Å². The van der Waals surface area contributed by atoms with Crippen LogP contribution in [0.1, 0.15) is 31.1 Å². The van der Waals surface area contributed by atoms with E-state index in [-0.39, 0.29) is 6.04 Å². The zero-order valence-electron chi connectivity index (χ0n) is 9.84. The van der Waals surface area contributed by atoms with Gasteiger partial charge >= 0.3 is 0 Å². The fourth-order valence-electron chi connectivity index (χ4n) is 2.36. The van der Waals surface area contributed by atoms with Gasteiger partial charge in [0.1, 0.15) is 0 Å². The molecule has 1 saturated carbocycles. The first-order chi connectivity index (χ1) is 8.72. The zero-order valence-corrected chi connectivity index (χ0v) is 10.6. The van der Waals surface area contributed by atoms with E-state index in [1.807, 2.05) is 24.3 Å². The Balaban J connectivity index is 1.83. The number of rotatable bonds is 2. The van der Waals surface area contributed by atoms with Crippen LogP contribution in [0.3, 0.4) is 0 Å². The van der Waals surface area contributed by atoms with Gasteiger partial charge in [-0.25, -0.2) is 0 Å². The maximum absolute atomic E-state index is 5.89. The summed E-state index contributed by atoms with van der Waals surface area (Å²) in [7, 11) is 0. The lowest BCUT2D eigenvalue weighted by atomic mass is 10.1. The number of hydrogen-bond donors (Lipinski definition) is 1. The second kappa shape index (κ2) is 4.71. The highest BCUT2D eigenvalue weighted by Gasteiger charge is 2.27. The summed E-state index contributed by atoms with van der Waals surface area (Å²) < 4.78 is 5.33. The molecule has 2 aromatic rings. The van der Waals surface area contributed by atoms with Crippen molar-refractivity contribution in [2.45, 2.75) is 31.2 Å². The molecular weight excluding hydrogens is 250 g/mol. The van der Waals surface area contributed by atoms with Crippen LogP contribution in [0.25, 0.3) is 11.4 Å². The lowest BCUT2D eigenvalue weighted by molar-refractivity contribution is 0.353. The molecule has 1 heterocycles. The first kappa shape index (κ1) is 11.7. The first-order valence-corrected chi connectivity index (χ1v) is 6.45. The molecule has 1 aliphatic carbocycles. The maximum atomic E-state index is 5.89. The van der Waals surface area contributed by atoms with Gasteiger partial charge in [-0.2, -0.15) is 4.98 Å². The molecule has 0 saturated heterocycles. The molecule has 0 spiro atoms. The largest absolute Gasteiger partial charge is 0.339 e. The average Bonchev–Trinajstić information content (AvgIpc) is 2.98. The highest BCUT2D eigenvalue weighted by Crippen LogP contribution is 2.33. The first-order valence-electron chi connectivity index (χ1n) is 6.07. The van der Waals surface area contributed by atoms with Crippen molar-refractivity contribution in [3.05, 3.63) is 35.2 Å². The van der Waals surface area contributed by atoms with Crippen LogP contribution < -0.4 is 5.73 Å². The van der Waals surface area contributed by atoms with Gasteiger partial charge in [0.25, 0.3) is 0 Å². The second-order valence-corrected chi connectivity index (χ2v) is 5.17. The highest BCUT2D eigenvalue weighted by molar-refractivity contribution is 6.30. The summed E-state index contributed by atoms with van der Waals surface area (Å²) in [6, 6.07) is 7.67. The number of hydrogen-bond acceptors (Lipinski definition) is 4. The molecule has 18 heavy (non-hydrogen) atoms. The van der Waals surface area contributed by atoms with Crippen LogP contribution in [-0.4, -0.2) is 16.2 Å². The third kappa shape index (κ3) is 2.26. The van der Waals surface area contributed by atoms with E-state index in [1.54, 1.807) is 0 Å². The van der Waals surface area contributed by atoms with E-state index in [0.29, 0.717) is 22.7 Å². The van der Waals surface area contributed by atoms with Crippen LogP contribution in [0.2, 0.25) is 5.02 Å². The molecule has 1 fully saturated rings. The van der Waals surface area contributed by atoms with E-state index < -0.39 is 0 Å². The second-order valence-electron chi connectivity index (χ2n) is 4.73. The Bertz CT molecular complexity index is 537. The monoisotopic (exact) mass is 263 g/mol. The van der Waals surface area contributed by atoms with Crippen molar-refractivity contribution in [1.82, 2.24) is 10.1 Å². The molecular formula is C13H14ClN3O. The van der Waals surface area contributed by atoms with Crippen LogP contribution in [0, 0.1) is 0 Å². The van der Waals surface area contributed by atoms with Gasteiger partial charge in [-0.05, 0) is 43.5 Å². The number of nitrogens with two attached hydrogens (primary N) is 1. The summed E-state index contributed by atoms with van der Waals surface area (Å²) in [5, 5.41) is 4.71. The number of halogens is 1. The van der Waals surface area contributed by atoms with Gasteiger partial charge in [0, 0.05) is 22.5 Å². The molecule has 0 aliphatic heterocycles. The summed E-state index contributed by atoms with van der Waals surface area (Å²) in [4.78, 5) is 4.45. The molecule has 3 rings (SSSR count). The molecule has 1 aliphatic rings. The van der Waals surface area contributed by atoms with E-state index in [1.165, 1.54) is 0 Å². The molecule has 0 bridgehead atoms. The number of benzene rings is 1. The number of aromatic nitrogens is 2. The van der Waals surface area contributed by atoms with E-state index >= 15 is 0 Å². The minimum absolute atomic E-state index is 0.265. The van der Waals surface area contributed by atoms with Crippen molar-refractivity contribution in [3.63, 3.8) is 0 Å². The van der Waals surface area contributed by atoms with Gasteiger partial charge in [0.2, 0.25) is 11.7 Å². The van der Waals surface area contributed by atoms with Crippen LogP contribution in [0.15, 0.2) is 28.8 Å². The molecule has 0 radical (unpaired) electrons. The fourth-order valence-corrected chi connectivity index (χ4v) is 2.48. The zero-order chi connectivity index (χ0) is 12.5. The normalized spacial score (nSPS) is 23.4. The molecule has 2 unspecified atom stereocenters. The molecule has 1 aromatic carbocycles. The summed E-state index contributed by atoms with van der Waals surface area (Å²) in [6.07, 6.45) is 3.00. The third-order valence-electron chi connectivity index (χ3n) is 3.37. The van der Waals surface area contributed by atoms with Crippen LogP contribution in [0.4, 0.5) is 0 Å². The minimum atomic E-state index is 0.265. The smallest absolute Gasteiger partial charge is 0.230 e. The van der Waals surface area contributed by atoms with Gasteiger partial charge in [-0.3, -0.25) is 0 Å². The van der Waals surface area contributed by atoms with Gasteiger partial charge in [-0.15, -0.1) is 0 Å². The third-order valence-corrected chi connectivity index (χ3v) is 3.62. The topological polar surface area (TPSA) is 64.9 Å². The van der Waals surface area contributed by atoms with E-state index in [2.05, 4.69) is 10.1 Å². The lowest BCUT2D eigenvalue weighted by Crippen LogP contribution is -2.14. The summed E-state index contributed by atoms with van der Waals surface area (Å²) in [5.41, 5.74) is 6.81. The van der Waals surface area contributed by atoms with Crippen molar-refractivity contribution < 1.29 is 4.52 Å². The highest BCUT2D eigenvalue weighted by atomic mass is 35.5. The molecule has 94 valence electrons. The Hall–Kier alpha value is -1.39. The van der Waals surface area contributed by atoms with Gasteiger partial charge in [0.15, 0.2) is 0 Å². The van der Waals surface area contributed by atoms with Crippen molar-refractivity contribution in [1.29, 1.82) is 0 Å². The minimum Gasteiger partial charge on any atom is -0.339 e. The Kier molecular flexibility index (Phi) is 3.06. The predicted molar refractivity (Wildman–Crippen MR) is 69.3 cm³/mol. The SMILES string of the molecule is NC1CCC(c2nc(-c3ccc(Cl)cc3)no2)C1. The summed E-state index contributed by atoms with van der Waals surface area (Å²) >= 11 is 5.85. The average molecular weight is 264 g/mol. The van der Waals surface area contributed by atoms with Crippen LogP contribution >= 0.6 is 11.6 Å². The molecule has 5 heteroatoms. The molecule has 0 amide bonds. The van der Waals surface area contributed by atoms with Crippen molar-refractivity contribution in [2.75, 3.05) is 0 Å². The maximum Gasteiger partial charge on any atom is 0.230 e. The lowest BCUT2D eigenvalue weighted by Gasteiger charge is -2.01. The van der Waals surface area contributed by atoms with Crippen LogP contribution in [0.5, 0.6) is 0 Å². The summed E-state index contributed by atoms with van der Waals surface area (Å²) in [6.45, 7) is 0. The predicted octanol–water partition coefficient (Wildman–Crippen LogP) is 2.98. The number of nitrogens with zero attached hydrogens (tertiary/aromatic N) is 2. The van der Waals surface area contributed by atoms with Crippen LogP contribution in [-0.2, 0) is 0 Å². The Labute approximate surface area is 110 Å². The van der Waals surface area contributed by atoms with E-state index in [9.17, 15) is 0 Å². The van der Waals surface area contributed by atoms with E-state index in [0.717, 1.165) is 24.8 Å². The summed E-state index contributed by atoms with van der Waals surface area (Å²) in [5.74, 6) is 1.63. The Morgan fingerprint density at radius 2 is 2.00 bits per heavy atom. The molecule has 2 N–H and O–H groups in total. The Morgan fingerprint density at radius 1 is 1.22 bits per heavy atom. The van der Waals surface area contributed by atoms with Gasteiger partial charge < -0.3 is 10.3 Å². The molecule has 2 atom stereocenters.